The molecule has 0 radical (unpaired) electrons. The second kappa shape index (κ2) is 8.52. The molecule has 0 spiro atoms. The van der Waals surface area contributed by atoms with Crippen LogP contribution in [0.25, 0.3) is 17.0 Å². The van der Waals surface area contributed by atoms with Crippen LogP contribution >= 0.6 is 11.3 Å². The lowest BCUT2D eigenvalue weighted by Crippen LogP contribution is -2.12. The Bertz CT molecular complexity index is 1470. The van der Waals surface area contributed by atoms with Gasteiger partial charge in [-0.15, -0.1) is 11.3 Å². The van der Waals surface area contributed by atoms with E-state index in [0.717, 1.165) is 49.7 Å². The average Bonchev–Trinajstić information content (AvgIpc) is 3.33. The molecule has 164 valence electrons. The Morgan fingerprint density at radius 2 is 1.67 bits per heavy atom. The Morgan fingerprint density at radius 1 is 0.909 bits per heavy atom. The van der Waals surface area contributed by atoms with Crippen molar-refractivity contribution < 1.29 is 4.79 Å². The lowest BCUT2D eigenvalue weighted by molar-refractivity contribution is 0.102. The Hall–Kier alpha value is -3.97. The lowest BCUT2D eigenvalue weighted by Gasteiger charge is -2.09. The number of fused-ring (bicyclic) bond motifs is 1. The molecule has 2 N–H and O–H groups in total. The van der Waals surface area contributed by atoms with Crippen LogP contribution in [0.5, 0.6) is 0 Å². The third-order valence-electron chi connectivity index (χ3n) is 5.52. The summed E-state index contributed by atoms with van der Waals surface area (Å²) in [6, 6.07) is 21.1. The fourth-order valence-electron chi connectivity index (χ4n) is 3.80. The highest BCUT2D eigenvalue weighted by molar-refractivity contribution is 7.16. The number of nitrogens with one attached hydrogen (secondary N) is 2. The molecule has 6 nitrogen and oxygen atoms in total. The van der Waals surface area contributed by atoms with Gasteiger partial charge < -0.3 is 10.6 Å². The zero-order valence-electron chi connectivity index (χ0n) is 18.6. The van der Waals surface area contributed by atoms with Crippen LogP contribution in [0, 0.1) is 20.8 Å². The van der Waals surface area contributed by atoms with E-state index in [-0.39, 0.29) is 5.91 Å². The van der Waals surface area contributed by atoms with E-state index in [1.807, 2.05) is 86.8 Å². The fourth-order valence-corrected chi connectivity index (χ4v) is 4.64. The molecule has 0 aliphatic carbocycles. The molecule has 1 amide bonds. The van der Waals surface area contributed by atoms with Gasteiger partial charge in [0.1, 0.15) is 11.3 Å². The number of carbonyl (C=O) groups is 1. The summed E-state index contributed by atoms with van der Waals surface area (Å²) < 4.78 is 2.07. The van der Waals surface area contributed by atoms with Crippen LogP contribution in [0.2, 0.25) is 0 Å². The van der Waals surface area contributed by atoms with E-state index < -0.39 is 0 Å². The van der Waals surface area contributed by atoms with Gasteiger partial charge in [-0.1, -0.05) is 24.3 Å². The van der Waals surface area contributed by atoms with E-state index in [9.17, 15) is 4.79 Å². The number of para-hydroxylation sites is 1. The molecule has 0 aliphatic heterocycles. The Labute approximate surface area is 196 Å². The standard InChI is InChI=1S/C26H23N5OS/c1-16-8-4-5-9-21(16)29-25(32)19-11-13-20(14-12-19)28-26-30-23(18(3)33-26)24-17(2)27-22-10-6-7-15-31(22)24/h4-15H,1-3H3,(H,28,30)(H,29,32). The second-order valence-electron chi connectivity index (χ2n) is 7.87. The maximum atomic E-state index is 12.6. The number of aryl methyl sites for hydroxylation is 3. The summed E-state index contributed by atoms with van der Waals surface area (Å²) in [6.07, 6.45) is 2.01. The van der Waals surface area contributed by atoms with E-state index in [1.54, 1.807) is 11.3 Å². The van der Waals surface area contributed by atoms with Gasteiger partial charge in [-0.3, -0.25) is 9.20 Å². The molecule has 0 fully saturated rings. The number of imidazole rings is 1. The smallest absolute Gasteiger partial charge is 0.255 e. The maximum Gasteiger partial charge on any atom is 0.255 e. The highest BCUT2D eigenvalue weighted by atomic mass is 32.1. The predicted octanol–water partition coefficient (Wildman–Crippen LogP) is 6.38. The molecular weight excluding hydrogens is 430 g/mol. The first-order valence-corrected chi connectivity index (χ1v) is 11.5. The molecule has 2 aromatic carbocycles. The van der Waals surface area contributed by atoms with Crippen molar-refractivity contribution in [2.24, 2.45) is 0 Å². The molecule has 3 aromatic heterocycles. The van der Waals surface area contributed by atoms with Crippen LogP contribution < -0.4 is 10.6 Å². The van der Waals surface area contributed by atoms with Crippen molar-refractivity contribution in [2.45, 2.75) is 20.8 Å². The van der Waals surface area contributed by atoms with Gasteiger partial charge in [0, 0.05) is 28.0 Å². The molecule has 3 heterocycles. The van der Waals surface area contributed by atoms with Gasteiger partial charge in [0.15, 0.2) is 5.13 Å². The Kier molecular flexibility index (Phi) is 5.40. The molecule has 0 saturated heterocycles. The maximum absolute atomic E-state index is 12.6. The number of hydrogen-bond acceptors (Lipinski definition) is 5. The molecule has 33 heavy (non-hydrogen) atoms. The van der Waals surface area contributed by atoms with Crippen molar-refractivity contribution in [1.82, 2.24) is 14.4 Å². The summed E-state index contributed by atoms with van der Waals surface area (Å²) in [4.78, 5) is 23.2. The Balaban J connectivity index is 1.35. The molecule has 7 heteroatoms. The predicted molar refractivity (Wildman–Crippen MR) is 135 cm³/mol. The lowest BCUT2D eigenvalue weighted by atomic mass is 10.1. The van der Waals surface area contributed by atoms with Crippen molar-refractivity contribution in [2.75, 3.05) is 10.6 Å². The number of hydrogen-bond donors (Lipinski definition) is 2. The Morgan fingerprint density at radius 3 is 2.45 bits per heavy atom. The first-order chi connectivity index (χ1) is 16.0. The van der Waals surface area contributed by atoms with Gasteiger partial charge in [-0.25, -0.2) is 9.97 Å². The highest BCUT2D eigenvalue weighted by Gasteiger charge is 2.17. The molecule has 5 aromatic rings. The van der Waals surface area contributed by atoms with Crippen molar-refractivity contribution in [3.05, 3.63) is 94.6 Å². The van der Waals surface area contributed by atoms with E-state index >= 15 is 0 Å². The number of pyridine rings is 1. The van der Waals surface area contributed by atoms with Crippen LogP contribution in [0.3, 0.4) is 0 Å². The molecule has 0 aliphatic rings. The largest absolute Gasteiger partial charge is 0.332 e. The number of anilines is 3. The summed E-state index contributed by atoms with van der Waals surface area (Å²) in [6.45, 7) is 6.05. The van der Waals surface area contributed by atoms with Crippen LogP contribution in [0.4, 0.5) is 16.5 Å². The van der Waals surface area contributed by atoms with E-state index in [2.05, 4.69) is 26.9 Å². The van der Waals surface area contributed by atoms with Crippen LogP contribution in [0.15, 0.2) is 72.9 Å². The topological polar surface area (TPSA) is 71.3 Å². The monoisotopic (exact) mass is 453 g/mol. The normalized spacial score (nSPS) is 11.0. The number of rotatable bonds is 5. The zero-order chi connectivity index (χ0) is 22.9. The summed E-state index contributed by atoms with van der Waals surface area (Å²) in [5, 5.41) is 7.13. The van der Waals surface area contributed by atoms with E-state index in [4.69, 9.17) is 4.98 Å². The number of nitrogens with zero attached hydrogens (tertiary/aromatic N) is 3. The summed E-state index contributed by atoms with van der Waals surface area (Å²) in [7, 11) is 0. The molecule has 0 bridgehead atoms. The molecule has 0 unspecified atom stereocenters. The average molecular weight is 454 g/mol. The SMILES string of the molecule is Cc1ccccc1NC(=O)c1ccc(Nc2nc(-c3c(C)nc4ccccn34)c(C)s2)cc1. The van der Waals surface area contributed by atoms with Gasteiger partial charge in [0.2, 0.25) is 0 Å². The highest BCUT2D eigenvalue weighted by Crippen LogP contribution is 2.34. The summed E-state index contributed by atoms with van der Waals surface area (Å²) >= 11 is 1.60. The number of aromatic nitrogens is 3. The quantitative estimate of drug-likeness (QED) is 0.324. The van der Waals surface area contributed by atoms with Gasteiger partial charge in [0.05, 0.1) is 11.4 Å². The van der Waals surface area contributed by atoms with E-state index in [1.165, 1.54) is 0 Å². The third-order valence-corrected chi connectivity index (χ3v) is 6.40. The number of benzene rings is 2. The van der Waals surface area contributed by atoms with Gasteiger partial charge in [0.25, 0.3) is 5.91 Å². The van der Waals surface area contributed by atoms with Gasteiger partial charge in [-0.05, 0) is 68.8 Å². The first-order valence-electron chi connectivity index (χ1n) is 10.6. The first kappa shape index (κ1) is 20.9. The van der Waals surface area contributed by atoms with Gasteiger partial charge in [-0.2, -0.15) is 0 Å². The third kappa shape index (κ3) is 4.10. The van der Waals surface area contributed by atoms with Crippen LogP contribution in [-0.4, -0.2) is 20.3 Å². The number of carbonyl (C=O) groups excluding carboxylic acids is 1. The molecule has 5 rings (SSSR count). The summed E-state index contributed by atoms with van der Waals surface area (Å²) in [5.41, 5.74) is 7.11. The van der Waals surface area contributed by atoms with Crippen LogP contribution in [0.1, 0.15) is 26.5 Å². The minimum atomic E-state index is -0.133. The molecule has 0 atom stereocenters. The number of thiazole rings is 1. The minimum Gasteiger partial charge on any atom is -0.332 e. The van der Waals surface area contributed by atoms with E-state index in [0.29, 0.717) is 5.56 Å². The van der Waals surface area contributed by atoms with Crippen LogP contribution in [-0.2, 0) is 0 Å². The molecule has 0 saturated carbocycles. The van der Waals surface area contributed by atoms with Crippen molar-refractivity contribution in [3.8, 4) is 11.4 Å². The number of amides is 1. The van der Waals surface area contributed by atoms with Crippen molar-refractivity contribution in [3.63, 3.8) is 0 Å². The second-order valence-corrected chi connectivity index (χ2v) is 9.07. The van der Waals surface area contributed by atoms with Gasteiger partial charge >= 0.3 is 0 Å². The molecular formula is C26H23N5OS. The zero-order valence-corrected chi connectivity index (χ0v) is 19.4. The minimum absolute atomic E-state index is 0.133. The van der Waals surface area contributed by atoms with Crippen molar-refractivity contribution in [1.29, 1.82) is 0 Å². The fraction of sp³-hybridized carbons (Fsp3) is 0.115. The summed E-state index contributed by atoms with van der Waals surface area (Å²) in [5.74, 6) is -0.133. The van der Waals surface area contributed by atoms with Crippen molar-refractivity contribution >= 4 is 39.4 Å².